The SMILES string of the molecule is Cc1nc(Cl)ccc1C(O)C(O)CCN. The molecule has 0 amide bonds. The number of rotatable bonds is 4. The first-order chi connectivity index (χ1) is 7.06. The van der Waals surface area contributed by atoms with Gasteiger partial charge >= 0.3 is 0 Å². The third-order valence-corrected chi connectivity index (χ3v) is 2.45. The molecule has 1 heterocycles. The summed E-state index contributed by atoms with van der Waals surface area (Å²) in [6.45, 7) is 2.07. The van der Waals surface area contributed by atoms with E-state index in [1.807, 2.05) is 0 Å². The summed E-state index contributed by atoms with van der Waals surface area (Å²) in [5, 5.41) is 19.7. The molecule has 2 atom stereocenters. The van der Waals surface area contributed by atoms with Crippen LogP contribution < -0.4 is 5.73 Å². The van der Waals surface area contributed by atoms with Crippen LogP contribution in [0.3, 0.4) is 0 Å². The predicted molar refractivity (Wildman–Crippen MR) is 58.6 cm³/mol. The molecule has 1 aromatic rings. The quantitative estimate of drug-likeness (QED) is 0.668. The lowest BCUT2D eigenvalue weighted by Crippen LogP contribution is -2.22. The first-order valence-electron chi connectivity index (χ1n) is 4.75. The first kappa shape index (κ1) is 12.4. The van der Waals surface area contributed by atoms with Crippen LogP contribution in [0.15, 0.2) is 12.1 Å². The molecule has 0 saturated heterocycles. The van der Waals surface area contributed by atoms with Gasteiger partial charge in [-0.3, -0.25) is 0 Å². The zero-order valence-corrected chi connectivity index (χ0v) is 9.28. The number of aliphatic hydroxyl groups excluding tert-OH is 2. The van der Waals surface area contributed by atoms with E-state index in [1.54, 1.807) is 19.1 Å². The minimum Gasteiger partial charge on any atom is -0.390 e. The molecule has 0 fully saturated rings. The summed E-state index contributed by atoms with van der Waals surface area (Å²) in [6, 6.07) is 3.25. The van der Waals surface area contributed by atoms with Crippen LogP contribution in [-0.2, 0) is 0 Å². The van der Waals surface area contributed by atoms with E-state index in [1.165, 1.54) is 0 Å². The molecule has 0 spiro atoms. The van der Waals surface area contributed by atoms with Crippen molar-refractivity contribution in [3.8, 4) is 0 Å². The monoisotopic (exact) mass is 230 g/mol. The summed E-state index contributed by atoms with van der Waals surface area (Å²) in [7, 11) is 0. The smallest absolute Gasteiger partial charge is 0.129 e. The van der Waals surface area contributed by atoms with Crippen LogP contribution in [0, 0.1) is 6.92 Å². The maximum atomic E-state index is 9.80. The molecule has 0 bridgehead atoms. The van der Waals surface area contributed by atoms with Crippen molar-refractivity contribution in [3.05, 3.63) is 28.5 Å². The number of aliphatic hydroxyl groups is 2. The fourth-order valence-electron chi connectivity index (χ4n) is 1.39. The number of nitrogens with zero attached hydrogens (tertiary/aromatic N) is 1. The van der Waals surface area contributed by atoms with Crippen LogP contribution in [-0.4, -0.2) is 27.8 Å². The van der Waals surface area contributed by atoms with Crippen LogP contribution in [0.5, 0.6) is 0 Å². The summed E-state index contributed by atoms with van der Waals surface area (Å²) >= 11 is 5.69. The highest BCUT2D eigenvalue weighted by atomic mass is 35.5. The Morgan fingerprint density at radius 2 is 2.13 bits per heavy atom. The first-order valence-corrected chi connectivity index (χ1v) is 5.13. The van der Waals surface area contributed by atoms with Gasteiger partial charge in [-0.1, -0.05) is 17.7 Å². The van der Waals surface area contributed by atoms with E-state index in [4.69, 9.17) is 17.3 Å². The summed E-state index contributed by atoms with van der Waals surface area (Å²) < 4.78 is 0. The lowest BCUT2D eigenvalue weighted by atomic mass is 10.0. The normalized spacial score (nSPS) is 15.0. The van der Waals surface area contributed by atoms with Crippen LogP contribution in [0.1, 0.15) is 23.8 Å². The van der Waals surface area contributed by atoms with Crippen LogP contribution in [0.4, 0.5) is 0 Å². The van der Waals surface area contributed by atoms with Gasteiger partial charge in [0.15, 0.2) is 0 Å². The van der Waals surface area contributed by atoms with Gasteiger partial charge < -0.3 is 15.9 Å². The third-order valence-electron chi connectivity index (χ3n) is 2.24. The predicted octanol–water partition coefficient (Wildman–Crippen LogP) is 0.787. The standard InChI is InChI=1S/C10H15ClN2O2/c1-6-7(2-3-9(11)13-6)10(15)8(14)4-5-12/h2-3,8,10,14-15H,4-5,12H2,1H3. The van der Waals surface area contributed by atoms with Gasteiger partial charge in [0.05, 0.1) is 6.10 Å². The van der Waals surface area contributed by atoms with E-state index in [0.717, 1.165) is 0 Å². The Morgan fingerprint density at radius 3 is 2.67 bits per heavy atom. The van der Waals surface area contributed by atoms with E-state index in [-0.39, 0.29) is 0 Å². The molecular formula is C10H15ClN2O2. The fraction of sp³-hybridized carbons (Fsp3) is 0.500. The Morgan fingerprint density at radius 1 is 1.47 bits per heavy atom. The maximum absolute atomic E-state index is 9.80. The average molecular weight is 231 g/mol. The average Bonchev–Trinajstić information content (AvgIpc) is 2.17. The number of nitrogens with two attached hydrogens (primary N) is 1. The lowest BCUT2D eigenvalue weighted by Gasteiger charge is -2.18. The number of hydrogen-bond donors (Lipinski definition) is 3. The Balaban J connectivity index is 2.86. The molecule has 2 unspecified atom stereocenters. The van der Waals surface area contributed by atoms with Crippen LogP contribution >= 0.6 is 11.6 Å². The van der Waals surface area contributed by atoms with Gasteiger partial charge in [0.2, 0.25) is 0 Å². The topological polar surface area (TPSA) is 79.4 Å². The maximum Gasteiger partial charge on any atom is 0.129 e. The zero-order valence-electron chi connectivity index (χ0n) is 8.52. The number of hydrogen-bond acceptors (Lipinski definition) is 4. The second kappa shape index (κ2) is 5.42. The van der Waals surface area contributed by atoms with Gasteiger partial charge in [-0.25, -0.2) is 4.98 Å². The van der Waals surface area contributed by atoms with E-state index in [9.17, 15) is 10.2 Å². The minimum absolute atomic E-state index is 0.332. The highest BCUT2D eigenvalue weighted by molar-refractivity contribution is 6.29. The molecule has 84 valence electrons. The highest BCUT2D eigenvalue weighted by Gasteiger charge is 2.19. The molecule has 15 heavy (non-hydrogen) atoms. The summed E-state index contributed by atoms with van der Waals surface area (Å²) in [6.07, 6.45) is -1.47. The second-order valence-electron chi connectivity index (χ2n) is 3.40. The minimum atomic E-state index is -0.960. The van der Waals surface area contributed by atoms with Crippen molar-refractivity contribution < 1.29 is 10.2 Å². The van der Waals surface area contributed by atoms with E-state index >= 15 is 0 Å². The van der Waals surface area contributed by atoms with Crippen molar-refractivity contribution >= 4 is 11.6 Å². The zero-order chi connectivity index (χ0) is 11.4. The molecule has 4 N–H and O–H groups in total. The molecule has 5 heteroatoms. The molecule has 0 aliphatic rings. The van der Waals surface area contributed by atoms with Gasteiger partial charge in [0, 0.05) is 11.3 Å². The Bertz CT molecular complexity index is 333. The van der Waals surface area contributed by atoms with Crippen molar-refractivity contribution in [2.24, 2.45) is 5.73 Å². The van der Waals surface area contributed by atoms with Crippen molar-refractivity contribution in [1.29, 1.82) is 0 Å². The summed E-state index contributed by atoms with van der Waals surface area (Å²) in [5.74, 6) is 0. The van der Waals surface area contributed by atoms with Crippen LogP contribution in [0.25, 0.3) is 0 Å². The lowest BCUT2D eigenvalue weighted by molar-refractivity contribution is 0.0144. The second-order valence-corrected chi connectivity index (χ2v) is 3.79. The third kappa shape index (κ3) is 3.14. The molecule has 0 aliphatic heterocycles. The van der Waals surface area contributed by atoms with Crippen molar-refractivity contribution in [2.75, 3.05) is 6.54 Å². The van der Waals surface area contributed by atoms with E-state index < -0.39 is 12.2 Å². The number of pyridine rings is 1. The summed E-state index contributed by atoms with van der Waals surface area (Å²) in [5.41, 5.74) is 6.50. The largest absolute Gasteiger partial charge is 0.390 e. The van der Waals surface area contributed by atoms with Gasteiger partial charge in [-0.05, 0) is 26.0 Å². The van der Waals surface area contributed by atoms with Crippen molar-refractivity contribution in [2.45, 2.75) is 25.6 Å². The molecular weight excluding hydrogens is 216 g/mol. The van der Waals surface area contributed by atoms with Gasteiger partial charge in [0.1, 0.15) is 11.3 Å². The van der Waals surface area contributed by atoms with Crippen molar-refractivity contribution in [3.63, 3.8) is 0 Å². The molecule has 1 aromatic heterocycles. The summed E-state index contributed by atoms with van der Waals surface area (Å²) in [4.78, 5) is 4.00. The molecule has 0 radical (unpaired) electrons. The number of aromatic nitrogens is 1. The molecule has 4 nitrogen and oxygen atoms in total. The van der Waals surface area contributed by atoms with E-state index in [0.29, 0.717) is 29.4 Å². The Kier molecular flexibility index (Phi) is 4.47. The number of halogens is 1. The van der Waals surface area contributed by atoms with Crippen LogP contribution in [0.2, 0.25) is 5.15 Å². The van der Waals surface area contributed by atoms with Gasteiger partial charge in [0.25, 0.3) is 0 Å². The Labute approximate surface area is 93.7 Å². The molecule has 1 rings (SSSR count). The van der Waals surface area contributed by atoms with E-state index in [2.05, 4.69) is 4.98 Å². The fourth-order valence-corrected chi connectivity index (χ4v) is 1.58. The highest BCUT2D eigenvalue weighted by Crippen LogP contribution is 2.22. The van der Waals surface area contributed by atoms with Gasteiger partial charge in [-0.2, -0.15) is 0 Å². The van der Waals surface area contributed by atoms with Crippen molar-refractivity contribution in [1.82, 2.24) is 4.98 Å². The number of aryl methyl sites for hydroxylation is 1. The molecule has 0 aliphatic carbocycles. The Hall–Kier alpha value is -0.680. The van der Waals surface area contributed by atoms with Gasteiger partial charge in [-0.15, -0.1) is 0 Å². The molecule has 0 saturated carbocycles. The molecule has 0 aromatic carbocycles.